The van der Waals surface area contributed by atoms with Gasteiger partial charge in [0.15, 0.2) is 0 Å². The number of benzene rings is 1. The molecule has 1 aliphatic rings. The third kappa shape index (κ3) is 3.73. The Morgan fingerprint density at radius 3 is 1.96 bits per heavy atom. The van der Waals surface area contributed by atoms with Crippen LogP contribution >= 0.6 is 0 Å². The Balaban J connectivity index is 1.93. The summed E-state index contributed by atoms with van der Waals surface area (Å²) < 4.78 is 66.8. The van der Waals surface area contributed by atoms with Crippen molar-refractivity contribution in [3.05, 3.63) is 54.1 Å². The molecule has 146 valence electrons. The summed E-state index contributed by atoms with van der Waals surface area (Å²) in [7, 11) is 0. The maximum absolute atomic E-state index is 13.0. The first-order valence-corrected chi connectivity index (χ1v) is 8.36. The smallest absolute Gasteiger partial charge is 0.426 e. The van der Waals surface area contributed by atoms with Crippen LogP contribution in [-0.4, -0.2) is 27.4 Å². The normalized spacial score (nSPS) is 18.3. The van der Waals surface area contributed by atoms with Crippen LogP contribution in [0.5, 0.6) is 5.75 Å². The molecule has 1 unspecified atom stereocenters. The predicted octanol–water partition coefficient (Wildman–Crippen LogP) is 4.44. The van der Waals surface area contributed by atoms with Crippen LogP contribution in [0.4, 0.5) is 22.0 Å². The van der Waals surface area contributed by atoms with Crippen molar-refractivity contribution in [2.24, 2.45) is 5.92 Å². The fourth-order valence-electron chi connectivity index (χ4n) is 3.46. The molecule has 3 rings (SSSR count). The molecular formula is C18H17F5N2O2. The second-order valence-corrected chi connectivity index (χ2v) is 6.52. The van der Waals surface area contributed by atoms with E-state index in [1.807, 2.05) is 0 Å². The maximum Gasteiger partial charge on any atom is 0.499 e. The molecule has 0 aliphatic heterocycles. The molecule has 2 aromatic rings. The monoisotopic (exact) mass is 388 g/mol. The number of hydrogen-bond acceptors (Lipinski definition) is 4. The lowest BCUT2D eigenvalue weighted by Gasteiger charge is -2.34. The van der Waals surface area contributed by atoms with Gasteiger partial charge in [-0.25, -0.2) is 9.97 Å². The van der Waals surface area contributed by atoms with E-state index in [0.717, 1.165) is 37.8 Å². The van der Waals surface area contributed by atoms with Gasteiger partial charge in [-0.2, -0.15) is 22.0 Å². The van der Waals surface area contributed by atoms with Crippen LogP contribution in [0.15, 0.2) is 43.0 Å². The SMILES string of the molecule is OC(c1ccc(OC(F)(F)C(F)(F)F)cc1)(c1cncnc1)C1CCCC1. The van der Waals surface area contributed by atoms with Crippen LogP contribution in [0.1, 0.15) is 36.8 Å². The molecule has 27 heavy (non-hydrogen) atoms. The maximum atomic E-state index is 13.0. The van der Waals surface area contributed by atoms with E-state index in [4.69, 9.17) is 0 Å². The summed E-state index contributed by atoms with van der Waals surface area (Å²) in [6.07, 6.45) is -3.53. The number of nitrogens with zero attached hydrogens (tertiary/aromatic N) is 2. The zero-order chi connectivity index (χ0) is 19.7. The summed E-state index contributed by atoms with van der Waals surface area (Å²) in [5.41, 5.74) is -0.680. The highest BCUT2D eigenvalue weighted by Gasteiger charge is 2.61. The lowest BCUT2D eigenvalue weighted by molar-refractivity contribution is -0.360. The van der Waals surface area contributed by atoms with Gasteiger partial charge in [-0.15, -0.1) is 0 Å². The predicted molar refractivity (Wildman–Crippen MR) is 85.1 cm³/mol. The number of aromatic nitrogens is 2. The summed E-state index contributed by atoms with van der Waals surface area (Å²) >= 11 is 0. The molecular weight excluding hydrogens is 371 g/mol. The summed E-state index contributed by atoms with van der Waals surface area (Å²) in [4.78, 5) is 7.84. The summed E-state index contributed by atoms with van der Waals surface area (Å²) in [5.74, 6) is -0.800. The molecule has 1 saturated carbocycles. The Morgan fingerprint density at radius 2 is 1.44 bits per heavy atom. The number of halogens is 5. The topological polar surface area (TPSA) is 55.2 Å². The first-order valence-electron chi connectivity index (χ1n) is 8.36. The third-order valence-electron chi connectivity index (χ3n) is 4.82. The van der Waals surface area contributed by atoms with E-state index in [2.05, 4.69) is 14.7 Å². The van der Waals surface area contributed by atoms with Crippen LogP contribution in [0.2, 0.25) is 0 Å². The van der Waals surface area contributed by atoms with Gasteiger partial charge in [-0.1, -0.05) is 25.0 Å². The average Bonchev–Trinajstić information content (AvgIpc) is 3.16. The van der Waals surface area contributed by atoms with Crippen molar-refractivity contribution in [3.63, 3.8) is 0 Å². The molecule has 0 bridgehead atoms. The Kier molecular flexibility index (Phi) is 5.07. The lowest BCUT2D eigenvalue weighted by atomic mass is 9.76. The molecule has 1 aromatic heterocycles. The third-order valence-corrected chi connectivity index (χ3v) is 4.82. The van der Waals surface area contributed by atoms with Crippen molar-refractivity contribution in [2.45, 2.75) is 43.6 Å². The molecule has 1 fully saturated rings. The van der Waals surface area contributed by atoms with E-state index in [9.17, 15) is 27.1 Å². The molecule has 1 atom stereocenters. The Labute approximate surface area is 152 Å². The average molecular weight is 388 g/mol. The molecule has 4 nitrogen and oxygen atoms in total. The van der Waals surface area contributed by atoms with Gasteiger partial charge in [0.2, 0.25) is 0 Å². The molecule has 1 heterocycles. The van der Waals surface area contributed by atoms with Crippen molar-refractivity contribution in [1.29, 1.82) is 0 Å². The number of rotatable bonds is 5. The van der Waals surface area contributed by atoms with Crippen LogP contribution in [-0.2, 0) is 5.60 Å². The van der Waals surface area contributed by atoms with Crippen LogP contribution in [0.3, 0.4) is 0 Å². The summed E-state index contributed by atoms with van der Waals surface area (Å²) in [6, 6.07) is 4.54. The van der Waals surface area contributed by atoms with E-state index in [1.165, 1.54) is 30.9 Å². The largest absolute Gasteiger partial charge is 0.499 e. The summed E-state index contributed by atoms with van der Waals surface area (Å²) in [6.45, 7) is 0. The van der Waals surface area contributed by atoms with Crippen LogP contribution in [0, 0.1) is 5.92 Å². The Hall–Kier alpha value is -2.29. The van der Waals surface area contributed by atoms with Gasteiger partial charge in [0.1, 0.15) is 17.7 Å². The zero-order valence-corrected chi connectivity index (χ0v) is 14.1. The van der Waals surface area contributed by atoms with E-state index in [1.54, 1.807) is 0 Å². The fourth-order valence-corrected chi connectivity index (χ4v) is 3.46. The van der Waals surface area contributed by atoms with Crippen molar-refractivity contribution < 1.29 is 31.8 Å². The van der Waals surface area contributed by atoms with Crippen molar-refractivity contribution in [1.82, 2.24) is 9.97 Å². The molecule has 1 aromatic carbocycles. The Morgan fingerprint density at radius 1 is 0.889 bits per heavy atom. The second kappa shape index (κ2) is 7.03. The van der Waals surface area contributed by atoms with Gasteiger partial charge >= 0.3 is 12.3 Å². The highest BCUT2D eigenvalue weighted by Crippen LogP contribution is 2.45. The number of hydrogen-bond donors (Lipinski definition) is 1. The van der Waals surface area contributed by atoms with Crippen LogP contribution in [0.25, 0.3) is 0 Å². The molecule has 0 amide bonds. The molecule has 0 spiro atoms. The van der Waals surface area contributed by atoms with E-state index in [-0.39, 0.29) is 5.92 Å². The van der Waals surface area contributed by atoms with Gasteiger partial charge in [0.25, 0.3) is 0 Å². The van der Waals surface area contributed by atoms with Crippen LogP contribution < -0.4 is 4.74 Å². The minimum Gasteiger partial charge on any atom is -0.426 e. The lowest BCUT2D eigenvalue weighted by Crippen LogP contribution is -2.41. The van der Waals surface area contributed by atoms with Crippen molar-refractivity contribution >= 4 is 0 Å². The van der Waals surface area contributed by atoms with E-state index < -0.39 is 23.6 Å². The minimum atomic E-state index is -5.82. The minimum absolute atomic E-state index is 0.146. The quantitative estimate of drug-likeness (QED) is 0.770. The first-order chi connectivity index (χ1) is 12.6. The van der Waals surface area contributed by atoms with Gasteiger partial charge in [0.05, 0.1) is 0 Å². The number of alkyl halides is 5. The molecule has 0 saturated heterocycles. The van der Waals surface area contributed by atoms with Crippen molar-refractivity contribution in [3.8, 4) is 5.75 Å². The number of aliphatic hydroxyl groups is 1. The van der Waals surface area contributed by atoms with Gasteiger partial charge in [-0.3, -0.25) is 0 Å². The molecule has 1 N–H and O–H groups in total. The molecule has 9 heteroatoms. The van der Waals surface area contributed by atoms with E-state index >= 15 is 0 Å². The summed E-state index contributed by atoms with van der Waals surface area (Å²) in [5, 5.41) is 11.5. The highest BCUT2D eigenvalue weighted by molar-refractivity contribution is 5.38. The van der Waals surface area contributed by atoms with Crippen molar-refractivity contribution in [2.75, 3.05) is 0 Å². The second-order valence-electron chi connectivity index (χ2n) is 6.52. The first kappa shape index (κ1) is 19.5. The number of ether oxygens (including phenoxy) is 1. The zero-order valence-electron chi connectivity index (χ0n) is 14.1. The fraction of sp³-hybridized carbons (Fsp3) is 0.444. The molecule has 0 radical (unpaired) electrons. The highest BCUT2D eigenvalue weighted by atomic mass is 19.4. The molecule has 1 aliphatic carbocycles. The van der Waals surface area contributed by atoms with Gasteiger partial charge in [-0.05, 0) is 36.5 Å². The standard InChI is InChI=1S/C18H17F5N2O2/c19-17(20,21)18(22,23)27-15-7-5-13(6-8-15)16(26,12-3-1-2-4-12)14-9-24-11-25-10-14/h5-12,26H,1-4H2. The van der Waals surface area contributed by atoms with Gasteiger partial charge < -0.3 is 9.84 Å². The van der Waals surface area contributed by atoms with Gasteiger partial charge in [0, 0.05) is 18.0 Å². The Bertz CT molecular complexity index is 762. The van der Waals surface area contributed by atoms with E-state index in [0.29, 0.717) is 11.1 Å².